The van der Waals surface area contributed by atoms with Gasteiger partial charge in [-0.2, -0.15) is 0 Å². The van der Waals surface area contributed by atoms with Crippen molar-refractivity contribution in [1.82, 2.24) is 0 Å². The summed E-state index contributed by atoms with van der Waals surface area (Å²) in [5.74, 6) is -2.10. The van der Waals surface area contributed by atoms with Crippen molar-refractivity contribution in [2.75, 3.05) is 7.11 Å². The normalized spacial score (nSPS) is 46.7. The minimum Gasteiger partial charge on any atom is -0.481 e. The van der Waals surface area contributed by atoms with Crippen LogP contribution in [0.3, 0.4) is 0 Å². The van der Waals surface area contributed by atoms with Gasteiger partial charge in [0.2, 0.25) is 0 Å². The summed E-state index contributed by atoms with van der Waals surface area (Å²) in [7, 11) is 1.35. The first-order chi connectivity index (χ1) is 15.5. The number of aliphatic carboxylic acids is 2. The van der Waals surface area contributed by atoms with E-state index >= 15 is 0 Å². The van der Waals surface area contributed by atoms with Crippen LogP contribution in [0.5, 0.6) is 0 Å². The molecule has 5 aliphatic rings. The van der Waals surface area contributed by atoms with Crippen molar-refractivity contribution in [3.05, 3.63) is 35.5 Å². The molecule has 0 radical (unpaired) electrons. The highest BCUT2D eigenvalue weighted by molar-refractivity contribution is 5.85. The molecule has 5 rings (SSSR count). The molecule has 3 fully saturated rings. The van der Waals surface area contributed by atoms with Gasteiger partial charge in [-0.25, -0.2) is 0 Å². The maximum atomic E-state index is 13.2. The Morgan fingerprint density at radius 3 is 2.55 bits per heavy atom. The number of fused-ring (bicyclic) bond motifs is 3. The molecule has 1 heterocycles. The first-order valence-electron chi connectivity index (χ1n) is 11.8. The van der Waals surface area contributed by atoms with Gasteiger partial charge in [0, 0.05) is 5.41 Å². The molecule has 7 heteroatoms. The van der Waals surface area contributed by atoms with Crippen LogP contribution in [0, 0.1) is 34.0 Å². The molecule has 0 unspecified atom stereocenters. The van der Waals surface area contributed by atoms with Crippen LogP contribution in [0.15, 0.2) is 35.5 Å². The molecule has 1 saturated heterocycles. The van der Waals surface area contributed by atoms with E-state index in [4.69, 9.17) is 9.47 Å². The summed E-state index contributed by atoms with van der Waals surface area (Å²) in [5, 5.41) is 19.0. The third kappa shape index (κ3) is 2.57. The van der Waals surface area contributed by atoms with Gasteiger partial charge in [-0.15, -0.1) is 0 Å². The highest BCUT2D eigenvalue weighted by atomic mass is 16.6. The Hall–Kier alpha value is -2.41. The Morgan fingerprint density at radius 1 is 1.18 bits per heavy atom. The molecule has 0 amide bonds. The minimum absolute atomic E-state index is 0.0142. The topological polar surface area (TPSA) is 113 Å². The van der Waals surface area contributed by atoms with E-state index in [0.717, 1.165) is 24.0 Å². The number of carboxylic acids is 2. The van der Waals surface area contributed by atoms with Crippen molar-refractivity contribution < 1.29 is 34.1 Å². The third-order valence-corrected chi connectivity index (χ3v) is 10.0. The summed E-state index contributed by atoms with van der Waals surface area (Å²) < 4.78 is 11.8. The van der Waals surface area contributed by atoms with Crippen molar-refractivity contribution >= 4 is 17.9 Å². The number of allylic oxidation sites excluding steroid dienone is 3. The number of methoxy groups -OCH3 is 1. The number of esters is 1. The summed E-state index contributed by atoms with van der Waals surface area (Å²) in [6.07, 6.45) is 10.0. The smallest absolute Gasteiger partial charge is 0.313 e. The number of carbonyl (C=O) groups is 3. The first kappa shape index (κ1) is 22.4. The van der Waals surface area contributed by atoms with Gasteiger partial charge in [0.1, 0.15) is 5.60 Å². The molecule has 0 bridgehead atoms. The molecule has 4 aliphatic carbocycles. The van der Waals surface area contributed by atoms with Gasteiger partial charge in [0.25, 0.3) is 0 Å². The Morgan fingerprint density at radius 2 is 1.91 bits per heavy atom. The predicted molar refractivity (Wildman–Crippen MR) is 118 cm³/mol. The molecular formula is C26H32O7. The highest BCUT2D eigenvalue weighted by Gasteiger charge is 2.82. The standard InChI is InChI=1S/C26H32O7/c1-14-9-18-17-6-5-16-10-15(11-20(27)28)7-8-23(16,2)26(17)19(33-26)12-24(18,3)25(14,13-21(29)30)22(31)32-4/h5,7-8,10,14,17-19H,6,9,11-13H2,1-4H3,(H,27,28)(H,29,30)/t14-,17-,18-,19-,23-,24-,25+,26+/m0/s1. The van der Waals surface area contributed by atoms with E-state index in [-0.39, 0.29) is 42.1 Å². The fourth-order valence-electron chi connectivity index (χ4n) is 8.50. The lowest BCUT2D eigenvalue weighted by Crippen LogP contribution is -2.59. The molecule has 0 aromatic rings. The van der Waals surface area contributed by atoms with Gasteiger partial charge < -0.3 is 19.7 Å². The van der Waals surface area contributed by atoms with Crippen molar-refractivity contribution in [3.8, 4) is 0 Å². The molecule has 2 saturated carbocycles. The summed E-state index contributed by atoms with van der Waals surface area (Å²) in [6.45, 7) is 6.24. The first-order valence-corrected chi connectivity index (χ1v) is 11.8. The maximum absolute atomic E-state index is 13.2. The van der Waals surface area contributed by atoms with Crippen LogP contribution in [-0.4, -0.2) is 46.9 Å². The summed E-state index contributed by atoms with van der Waals surface area (Å²) >= 11 is 0. The average Bonchev–Trinajstić information content (AvgIpc) is 3.41. The van der Waals surface area contributed by atoms with Gasteiger partial charge in [-0.1, -0.05) is 38.2 Å². The third-order valence-electron chi connectivity index (χ3n) is 10.0. The molecule has 178 valence electrons. The molecule has 1 aliphatic heterocycles. The van der Waals surface area contributed by atoms with E-state index in [1.54, 1.807) is 0 Å². The van der Waals surface area contributed by atoms with Crippen LogP contribution < -0.4 is 0 Å². The lowest BCUT2D eigenvalue weighted by atomic mass is 9.46. The van der Waals surface area contributed by atoms with Gasteiger partial charge in [-0.05, 0) is 60.5 Å². The molecule has 8 atom stereocenters. The van der Waals surface area contributed by atoms with Crippen molar-refractivity contribution in [1.29, 1.82) is 0 Å². The largest absolute Gasteiger partial charge is 0.481 e. The second-order valence-corrected chi connectivity index (χ2v) is 11.1. The molecule has 1 spiro atoms. The van der Waals surface area contributed by atoms with E-state index in [2.05, 4.69) is 26.0 Å². The number of rotatable bonds is 5. The number of epoxide rings is 1. The van der Waals surface area contributed by atoms with Gasteiger partial charge >= 0.3 is 17.9 Å². The molecule has 0 aromatic carbocycles. The van der Waals surface area contributed by atoms with Gasteiger partial charge in [0.05, 0.1) is 31.5 Å². The van der Waals surface area contributed by atoms with E-state index in [9.17, 15) is 24.6 Å². The lowest BCUT2D eigenvalue weighted by molar-refractivity contribution is -0.174. The van der Waals surface area contributed by atoms with Gasteiger partial charge in [0.15, 0.2) is 0 Å². The van der Waals surface area contributed by atoms with Crippen LogP contribution in [0.4, 0.5) is 0 Å². The van der Waals surface area contributed by atoms with Crippen LogP contribution in [0.1, 0.15) is 52.9 Å². The number of ether oxygens (including phenoxy) is 2. The second kappa shape index (κ2) is 6.81. The molecular weight excluding hydrogens is 424 g/mol. The molecule has 33 heavy (non-hydrogen) atoms. The number of carboxylic acid groups (broad SMARTS) is 2. The summed E-state index contributed by atoms with van der Waals surface area (Å²) in [5.41, 5.74) is -0.538. The quantitative estimate of drug-likeness (QED) is 0.478. The van der Waals surface area contributed by atoms with Crippen LogP contribution in [0.2, 0.25) is 0 Å². The number of hydrogen-bond donors (Lipinski definition) is 2. The van der Waals surface area contributed by atoms with E-state index in [0.29, 0.717) is 6.42 Å². The average molecular weight is 457 g/mol. The van der Waals surface area contributed by atoms with Crippen molar-refractivity contribution in [2.24, 2.45) is 34.0 Å². The minimum atomic E-state index is -1.09. The molecule has 7 nitrogen and oxygen atoms in total. The van der Waals surface area contributed by atoms with Crippen molar-refractivity contribution in [3.63, 3.8) is 0 Å². The van der Waals surface area contributed by atoms with E-state index in [1.807, 2.05) is 19.1 Å². The fourth-order valence-corrected chi connectivity index (χ4v) is 8.50. The Bertz CT molecular complexity index is 1040. The maximum Gasteiger partial charge on any atom is 0.313 e. The Balaban J connectivity index is 1.58. The van der Waals surface area contributed by atoms with Crippen LogP contribution in [-0.2, 0) is 23.9 Å². The van der Waals surface area contributed by atoms with Crippen LogP contribution >= 0.6 is 0 Å². The zero-order valence-corrected chi connectivity index (χ0v) is 19.6. The number of carbonyl (C=O) groups excluding carboxylic acids is 1. The SMILES string of the molecule is COC(=O)[C@@]1(CC(=O)O)[C@@H](C)C[C@H]2[C@@H]3CC=C4C=C(CC(=O)O)C=C[C@]4(C)[C@@]34O[C@H]4C[C@@]21C. The number of hydrogen-bond acceptors (Lipinski definition) is 5. The van der Waals surface area contributed by atoms with Crippen LogP contribution in [0.25, 0.3) is 0 Å². The monoisotopic (exact) mass is 456 g/mol. The zero-order chi connectivity index (χ0) is 24.0. The predicted octanol–water partition coefficient (Wildman–Crippen LogP) is 3.75. The van der Waals surface area contributed by atoms with Gasteiger partial charge in [-0.3, -0.25) is 14.4 Å². The molecule has 0 aromatic heterocycles. The zero-order valence-electron chi connectivity index (χ0n) is 19.6. The highest BCUT2D eigenvalue weighted by Crippen LogP contribution is 2.78. The van der Waals surface area contributed by atoms with E-state index in [1.165, 1.54) is 7.11 Å². The summed E-state index contributed by atoms with van der Waals surface area (Å²) in [4.78, 5) is 36.4. The van der Waals surface area contributed by atoms with Crippen molar-refractivity contribution in [2.45, 2.75) is 64.6 Å². The Labute approximate surface area is 193 Å². The second-order valence-electron chi connectivity index (χ2n) is 11.1. The Kier molecular flexibility index (Phi) is 4.62. The fraction of sp³-hybridized carbons (Fsp3) is 0.654. The lowest BCUT2D eigenvalue weighted by Gasteiger charge is -2.55. The summed E-state index contributed by atoms with van der Waals surface area (Å²) in [6, 6.07) is 0. The van der Waals surface area contributed by atoms with E-state index < -0.39 is 34.3 Å². The molecule has 2 N–H and O–H groups in total.